The van der Waals surface area contributed by atoms with Crippen LogP contribution in [0.2, 0.25) is 0 Å². The Morgan fingerprint density at radius 2 is 1.43 bits per heavy atom. The average Bonchev–Trinajstić information content (AvgIpc) is 2.28. The summed E-state index contributed by atoms with van der Waals surface area (Å²) < 4.78 is 9.31. The van der Waals surface area contributed by atoms with Gasteiger partial charge >= 0.3 is 0 Å². The van der Waals surface area contributed by atoms with E-state index in [4.69, 9.17) is 0 Å². The number of likely N-dealkylation sites (tertiary alicyclic amines) is 1. The van der Waals surface area contributed by atoms with Crippen LogP contribution >= 0.6 is 0 Å². The van der Waals surface area contributed by atoms with Crippen LogP contribution in [0.1, 0.15) is 26.2 Å². The summed E-state index contributed by atoms with van der Waals surface area (Å²) in [6.07, 6.45) is 4.30. The maximum absolute atomic E-state index is 4.66. The predicted molar refractivity (Wildman–Crippen MR) is 59.7 cm³/mol. The van der Waals surface area contributed by atoms with E-state index in [9.17, 15) is 0 Å². The molecular formula is C11H25NO2. The first-order chi connectivity index (χ1) is 6.85. The van der Waals surface area contributed by atoms with E-state index in [-0.39, 0.29) is 0 Å². The first-order valence-electron chi connectivity index (χ1n) is 5.55. The van der Waals surface area contributed by atoms with Gasteiger partial charge in [-0.1, -0.05) is 13.3 Å². The smallest absolute Gasteiger partial charge is 0.0696 e. The molecule has 14 heavy (non-hydrogen) atoms. The summed E-state index contributed by atoms with van der Waals surface area (Å²) in [5.74, 6) is 0. The molecule has 0 N–H and O–H groups in total. The number of hydrogen-bond acceptors (Lipinski definition) is 3. The largest absolute Gasteiger partial charge is 0.382 e. The number of piperidine rings is 1. The molecule has 1 aliphatic rings. The van der Waals surface area contributed by atoms with Crippen molar-refractivity contribution in [2.24, 2.45) is 0 Å². The summed E-state index contributed by atoms with van der Waals surface area (Å²) in [6.45, 7) is 7.56. The Morgan fingerprint density at radius 3 is 1.71 bits per heavy atom. The number of rotatable bonds is 4. The molecule has 86 valence electrons. The van der Waals surface area contributed by atoms with Gasteiger partial charge in [-0.3, -0.25) is 0 Å². The first-order valence-corrected chi connectivity index (χ1v) is 5.55. The number of methoxy groups -OCH3 is 2. The monoisotopic (exact) mass is 203 g/mol. The molecule has 3 heteroatoms. The standard InChI is InChI=1S/C7H15N.C4H10O2/c1-2-8-6-4-3-5-7-8;1-5-3-4-6-2/h2-7H2,1H3;3-4H2,1-2H3. The Bertz CT molecular complexity index is 99.5. The third kappa shape index (κ3) is 8.48. The Labute approximate surface area is 88.4 Å². The van der Waals surface area contributed by atoms with Crippen LogP contribution in [0, 0.1) is 0 Å². The Hall–Kier alpha value is -0.120. The fourth-order valence-electron chi connectivity index (χ4n) is 1.44. The maximum Gasteiger partial charge on any atom is 0.0696 e. The molecule has 1 saturated heterocycles. The van der Waals surface area contributed by atoms with E-state index < -0.39 is 0 Å². The summed E-state index contributed by atoms with van der Waals surface area (Å²) in [6, 6.07) is 0. The van der Waals surface area contributed by atoms with Crippen LogP contribution in [-0.2, 0) is 9.47 Å². The van der Waals surface area contributed by atoms with E-state index >= 15 is 0 Å². The second kappa shape index (κ2) is 11.0. The second-order valence-corrected chi connectivity index (χ2v) is 3.48. The molecule has 0 saturated carbocycles. The third-order valence-corrected chi connectivity index (χ3v) is 2.39. The first kappa shape index (κ1) is 13.9. The summed E-state index contributed by atoms with van der Waals surface area (Å²) in [7, 11) is 3.30. The fourth-order valence-corrected chi connectivity index (χ4v) is 1.44. The maximum atomic E-state index is 4.66. The van der Waals surface area contributed by atoms with Gasteiger partial charge in [0.05, 0.1) is 13.2 Å². The summed E-state index contributed by atoms with van der Waals surface area (Å²) in [4.78, 5) is 2.52. The normalized spacial score (nSPS) is 17.4. The van der Waals surface area contributed by atoms with E-state index in [1.165, 1.54) is 38.9 Å². The lowest BCUT2D eigenvalue weighted by molar-refractivity contribution is 0.103. The fraction of sp³-hybridized carbons (Fsp3) is 1.00. The van der Waals surface area contributed by atoms with Gasteiger partial charge in [0.15, 0.2) is 0 Å². The van der Waals surface area contributed by atoms with E-state index in [1.54, 1.807) is 14.2 Å². The predicted octanol–water partition coefficient (Wildman–Crippen LogP) is 1.77. The minimum absolute atomic E-state index is 0.691. The van der Waals surface area contributed by atoms with E-state index in [2.05, 4.69) is 21.3 Å². The lowest BCUT2D eigenvalue weighted by Gasteiger charge is -2.24. The third-order valence-electron chi connectivity index (χ3n) is 2.39. The van der Waals surface area contributed by atoms with Gasteiger partial charge in [0, 0.05) is 14.2 Å². The van der Waals surface area contributed by atoms with Gasteiger partial charge in [-0.2, -0.15) is 0 Å². The van der Waals surface area contributed by atoms with Crippen molar-refractivity contribution in [2.75, 3.05) is 47.1 Å². The zero-order chi connectivity index (χ0) is 10.6. The van der Waals surface area contributed by atoms with Gasteiger partial charge in [-0.15, -0.1) is 0 Å². The lowest BCUT2D eigenvalue weighted by Crippen LogP contribution is -2.29. The molecule has 0 aromatic heterocycles. The molecule has 3 nitrogen and oxygen atoms in total. The molecule has 0 amide bonds. The molecule has 0 aromatic rings. The quantitative estimate of drug-likeness (QED) is 0.650. The Kier molecular flexibility index (Phi) is 10.9. The van der Waals surface area contributed by atoms with Gasteiger partial charge in [-0.05, 0) is 32.5 Å². The SMILES string of the molecule is CCN1CCCCC1.COCCOC. The molecule has 1 fully saturated rings. The van der Waals surface area contributed by atoms with Crippen molar-refractivity contribution in [3.63, 3.8) is 0 Å². The Morgan fingerprint density at radius 1 is 0.929 bits per heavy atom. The molecule has 0 aromatic carbocycles. The Balaban J connectivity index is 0.000000255. The minimum Gasteiger partial charge on any atom is -0.382 e. The molecule has 0 radical (unpaired) electrons. The highest BCUT2D eigenvalue weighted by Crippen LogP contribution is 2.06. The molecule has 1 heterocycles. The molecule has 0 spiro atoms. The number of hydrogen-bond donors (Lipinski definition) is 0. The molecule has 1 rings (SSSR count). The molecule has 0 unspecified atom stereocenters. The molecule has 0 aliphatic carbocycles. The van der Waals surface area contributed by atoms with Crippen molar-refractivity contribution >= 4 is 0 Å². The summed E-state index contributed by atoms with van der Waals surface area (Å²) in [5, 5.41) is 0. The second-order valence-electron chi connectivity index (χ2n) is 3.48. The molecular weight excluding hydrogens is 178 g/mol. The summed E-state index contributed by atoms with van der Waals surface area (Å²) >= 11 is 0. The lowest BCUT2D eigenvalue weighted by atomic mass is 10.1. The number of ether oxygens (including phenoxy) is 2. The van der Waals surface area contributed by atoms with Gasteiger partial charge in [0.2, 0.25) is 0 Å². The van der Waals surface area contributed by atoms with Crippen LogP contribution in [0.15, 0.2) is 0 Å². The van der Waals surface area contributed by atoms with Crippen LogP contribution in [0.4, 0.5) is 0 Å². The van der Waals surface area contributed by atoms with E-state index in [0.717, 1.165) is 0 Å². The highest BCUT2D eigenvalue weighted by molar-refractivity contribution is 4.61. The average molecular weight is 203 g/mol. The van der Waals surface area contributed by atoms with Gasteiger partial charge in [0.1, 0.15) is 0 Å². The van der Waals surface area contributed by atoms with Gasteiger partial charge in [-0.25, -0.2) is 0 Å². The molecule has 0 bridgehead atoms. The van der Waals surface area contributed by atoms with Crippen molar-refractivity contribution in [1.29, 1.82) is 0 Å². The van der Waals surface area contributed by atoms with Crippen LogP contribution < -0.4 is 0 Å². The summed E-state index contributed by atoms with van der Waals surface area (Å²) in [5.41, 5.74) is 0. The van der Waals surface area contributed by atoms with E-state index in [1.807, 2.05) is 0 Å². The van der Waals surface area contributed by atoms with Crippen LogP contribution in [0.5, 0.6) is 0 Å². The van der Waals surface area contributed by atoms with Gasteiger partial charge < -0.3 is 14.4 Å². The van der Waals surface area contributed by atoms with Crippen LogP contribution in [0.3, 0.4) is 0 Å². The van der Waals surface area contributed by atoms with Crippen molar-refractivity contribution < 1.29 is 9.47 Å². The van der Waals surface area contributed by atoms with Crippen molar-refractivity contribution in [2.45, 2.75) is 26.2 Å². The van der Waals surface area contributed by atoms with Crippen LogP contribution in [-0.4, -0.2) is 52.0 Å². The highest BCUT2D eigenvalue weighted by atomic mass is 16.5. The number of nitrogens with zero attached hydrogens (tertiary/aromatic N) is 1. The van der Waals surface area contributed by atoms with Crippen LogP contribution in [0.25, 0.3) is 0 Å². The minimum atomic E-state index is 0.691. The topological polar surface area (TPSA) is 21.7 Å². The van der Waals surface area contributed by atoms with Gasteiger partial charge in [0.25, 0.3) is 0 Å². The van der Waals surface area contributed by atoms with Crippen molar-refractivity contribution in [3.8, 4) is 0 Å². The molecule has 0 atom stereocenters. The zero-order valence-corrected chi connectivity index (χ0v) is 9.92. The molecule has 1 aliphatic heterocycles. The zero-order valence-electron chi connectivity index (χ0n) is 9.92. The van der Waals surface area contributed by atoms with Crippen molar-refractivity contribution in [1.82, 2.24) is 4.90 Å². The van der Waals surface area contributed by atoms with Crippen molar-refractivity contribution in [3.05, 3.63) is 0 Å². The highest BCUT2D eigenvalue weighted by Gasteiger charge is 2.05. The van der Waals surface area contributed by atoms with E-state index in [0.29, 0.717) is 13.2 Å².